The zero-order valence-corrected chi connectivity index (χ0v) is 12.7. The summed E-state index contributed by atoms with van der Waals surface area (Å²) in [4.78, 5) is 1.38. The van der Waals surface area contributed by atoms with Crippen molar-refractivity contribution in [3.05, 3.63) is 42.5 Å². The van der Waals surface area contributed by atoms with Crippen molar-refractivity contribution >= 4 is 22.5 Å². The molecule has 0 aliphatic heterocycles. The minimum Gasteiger partial charge on any atom is -0.315 e. The van der Waals surface area contributed by atoms with E-state index in [-0.39, 0.29) is 0 Å². The molecule has 2 rings (SSSR count). The van der Waals surface area contributed by atoms with Crippen molar-refractivity contribution in [3.63, 3.8) is 0 Å². The molecule has 19 heavy (non-hydrogen) atoms. The Balaban J connectivity index is 1.81. The maximum atomic E-state index is 3.46. The molecule has 102 valence electrons. The highest BCUT2D eigenvalue weighted by molar-refractivity contribution is 7.99. The predicted octanol–water partition coefficient (Wildman–Crippen LogP) is 4.71. The third-order valence-electron chi connectivity index (χ3n) is 3.32. The van der Waals surface area contributed by atoms with Gasteiger partial charge >= 0.3 is 0 Å². The van der Waals surface area contributed by atoms with E-state index >= 15 is 0 Å². The first-order valence-electron chi connectivity index (χ1n) is 7.14. The molecule has 2 heteroatoms. The molecule has 0 aromatic heterocycles. The van der Waals surface area contributed by atoms with Crippen molar-refractivity contribution < 1.29 is 0 Å². The van der Waals surface area contributed by atoms with Crippen LogP contribution in [0.5, 0.6) is 0 Å². The van der Waals surface area contributed by atoms with E-state index in [1.54, 1.807) is 0 Å². The minimum atomic E-state index is 0.641. The number of fused-ring (bicyclic) bond motifs is 1. The monoisotopic (exact) mass is 273 g/mol. The lowest BCUT2D eigenvalue weighted by Gasteiger charge is -2.11. The fourth-order valence-corrected chi connectivity index (χ4v) is 3.21. The van der Waals surface area contributed by atoms with Crippen LogP contribution in [0.25, 0.3) is 10.8 Å². The van der Waals surface area contributed by atoms with E-state index in [0.29, 0.717) is 6.04 Å². The van der Waals surface area contributed by atoms with Gasteiger partial charge in [0.05, 0.1) is 0 Å². The van der Waals surface area contributed by atoms with E-state index in [9.17, 15) is 0 Å². The number of hydrogen-bond donors (Lipinski definition) is 1. The summed E-state index contributed by atoms with van der Waals surface area (Å²) in [5.41, 5.74) is 0. The Morgan fingerprint density at radius 1 is 1.11 bits per heavy atom. The molecule has 0 aliphatic rings. The van der Waals surface area contributed by atoms with Gasteiger partial charge in [-0.15, -0.1) is 11.8 Å². The molecule has 0 fully saturated rings. The quantitative estimate of drug-likeness (QED) is 0.579. The Morgan fingerprint density at radius 2 is 1.89 bits per heavy atom. The van der Waals surface area contributed by atoms with Crippen molar-refractivity contribution in [1.82, 2.24) is 5.32 Å². The van der Waals surface area contributed by atoms with E-state index in [2.05, 4.69) is 61.6 Å². The largest absolute Gasteiger partial charge is 0.315 e. The maximum Gasteiger partial charge on any atom is 0.00783 e. The molecule has 1 N–H and O–H groups in total. The van der Waals surface area contributed by atoms with Gasteiger partial charge in [-0.2, -0.15) is 0 Å². The highest BCUT2D eigenvalue weighted by Gasteiger charge is 2.00. The fraction of sp³-hybridized carbons (Fsp3) is 0.412. The third-order valence-corrected chi connectivity index (χ3v) is 4.40. The number of benzene rings is 2. The number of thioether (sulfide) groups is 1. The first-order valence-corrected chi connectivity index (χ1v) is 8.13. The lowest BCUT2D eigenvalue weighted by molar-refractivity contribution is 0.526. The summed E-state index contributed by atoms with van der Waals surface area (Å²) in [6, 6.07) is 16.0. The molecule has 0 saturated carbocycles. The molecule has 0 aliphatic carbocycles. The molecule has 0 saturated heterocycles. The number of rotatable bonds is 7. The average Bonchev–Trinajstić information content (AvgIpc) is 2.44. The van der Waals surface area contributed by atoms with Crippen LogP contribution in [0.15, 0.2) is 47.4 Å². The molecule has 0 radical (unpaired) electrons. The second-order valence-electron chi connectivity index (χ2n) is 4.96. The standard InChI is InChI=1S/C17H23NS/c1-3-18-14(2)7-6-12-19-17-11-10-15-8-4-5-9-16(15)13-17/h4-5,8-11,13-14,18H,3,6-7,12H2,1-2H3. The van der Waals surface area contributed by atoms with E-state index in [1.807, 2.05) is 11.8 Å². The zero-order chi connectivity index (χ0) is 13.5. The summed E-state index contributed by atoms with van der Waals surface area (Å²) in [6.07, 6.45) is 2.53. The lowest BCUT2D eigenvalue weighted by Crippen LogP contribution is -2.25. The fourth-order valence-electron chi connectivity index (χ4n) is 2.29. The summed E-state index contributed by atoms with van der Waals surface area (Å²) in [5, 5.41) is 6.13. The summed E-state index contributed by atoms with van der Waals surface area (Å²) in [5.74, 6) is 1.20. The van der Waals surface area contributed by atoms with Gasteiger partial charge < -0.3 is 5.32 Å². The predicted molar refractivity (Wildman–Crippen MR) is 87.0 cm³/mol. The van der Waals surface area contributed by atoms with Crippen LogP contribution in [0.3, 0.4) is 0 Å². The highest BCUT2D eigenvalue weighted by atomic mass is 32.2. The molecule has 0 bridgehead atoms. The molecule has 0 heterocycles. The van der Waals surface area contributed by atoms with Crippen molar-refractivity contribution in [2.45, 2.75) is 37.6 Å². The maximum absolute atomic E-state index is 3.46. The smallest absolute Gasteiger partial charge is 0.00783 e. The molecule has 0 amide bonds. The van der Waals surface area contributed by atoms with E-state index in [4.69, 9.17) is 0 Å². The van der Waals surface area contributed by atoms with Crippen LogP contribution in [-0.2, 0) is 0 Å². The van der Waals surface area contributed by atoms with Crippen molar-refractivity contribution in [3.8, 4) is 0 Å². The second kappa shape index (κ2) is 7.56. The summed E-state index contributed by atoms with van der Waals surface area (Å²) >= 11 is 1.97. The van der Waals surface area contributed by atoms with E-state index in [0.717, 1.165) is 6.54 Å². The lowest BCUT2D eigenvalue weighted by atomic mass is 10.1. The van der Waals surface area contributed by atoms with Gasteiger partial charge in [-0.1, -0.05) is 37.3 Å². The summed E-state index contributed by atoms with van der Waals surface area (Å²) in [6.45, 7) is 5.50. The minimum absolute atomic E-state index is 0.641. The number of nitrogens with one attached hydrogen (secondary N) is 1. The van der Waals surface area contributed by atoms with Gasteiger partial charge in [0.25, 0.3) is 0 Å². The van der Waals surface area contributed by atoms with E-state index in [1.165, 1.54) is 34.3 Å². The topological polar surface area (TPSA) is 12.0 Å². The van der Waals surface area contributed by atoms with Gasteiger partial charge in [-0.3, -0.25) is 0 Å². The molecule has 2 aromatic rings. The van der Waals surface area contributed by atoms with Crippen LogP contribution >= 0.6 is 11.8 Å². The van der Waals surface area contributed by atoms with Crippen LogP contribution in [-0.4, -0.2) is 18.3 Å². The molecule has 1 nitrogen and oxygen atoms in total. The van der Waals surface area contributed by atoms with Crippen LogP contribution in [0, 0.1) is 0 Å². The van der Waals surface area contributed by atoms with Crippen LogP contribution < -0.4 is 5.32 Å². The first-order chi connectivity index (χ1) is 9.29. The van der Waals surface area contributed by atoms with Crippen molar-refractivity contribution in [1.29, 1.82) is 0 Å². The molecular weight excluding hydrogens is 250 g/mol. The Hall–Kier alpha value is -0.990. The number of hydrogen-bond acceptors (Lipinski definition) is 2. The van der Waals surface area contributed by atoms with Gasteiger partial charge in [-0.05, 0) is 55.0 Å². The SMILES string of the molecule is CCNC(C)CCCSc1ccc2ccccc2c1. The van der Waals surface area contributed by atoms with Gasteiger partial charge in [0, 0.05) is 10.9 Å². The molecule has 1 atom stereocenters. The van der Waals surface area contributed by atoms with Gasteiger partial charge in [0.2, 0.25) is 0 Å². The summed E-state index contributed by atoms with van der Waals surface area (Å²) < 4.78 is 0. The normalized spacial score (nSPS) is 12.7. The Labute approximate surface area is 120 Å². The molecule has 2 aromatic carbocycles. The van der Waals surface area contributed by atoms with Gasteiger partial charge in [0.1, 0.15) is 0 Å². The van der Waals surface area contributed by atoms with E-state index < -0.39 is 0 Å². The Kier molecular flexibility index (Phi) is 5.74. The van der Waals surface area contributed by atoms with Crippen molar-refractivity contribution in [2.24, 2.45) is 0 Å². The highest BCUT2D eigenvalue weighted by Crippen LogP contribution is 2.24. The third kappa shape index (κ3) is 4.55. The average molecular weight is 273 g/mol. The van der Waals surface area contributed by atoms with Gasteiger partial charge in [-0.25, -0.2) is 0 Å². The molecule has 1 unspecified atom stereocenters. The first kappa shape index (κ1) is 14.4. The Morgan fingerprint density at radius 3 is 2.68 bits per heavy atom. The Bertz CT molecular complexity index is 509. The molecular formula is C17H23NS. The zero-order valence-electron chi connectivity index (χ0n) is 11.9. The second-order valence-corrected chi connectivity index (χ2v) is 6.13. The van der Waals surface area contributed by atoms with Crippen LogP contribution in [0.4, 0.5) is 0 Å². The van der Waals surface area contributed by atoms with Crippen LogP contribution in [0.2, 0.25) is 0 Å². The van der Waals surface area contributed by atoms with Gasteiger partial charge in [0.15, 0.2) is 0 Å². The van der Waals surface area contributed by atoms with Crippen LogP contribution in [0.1, 0.15) is 26.7 Å². The summed E-state index contributed by atoms with van der Waals surface area (Å²) in [7, 11) is 0. The molecule has 0 spiro atoms. The van der Waals surface area contributed by atoms with Crippen molar-refractivity contribution in [2.75, 3.05) is 12.3 Å².